The van der Waals surface area contributed by atoms with Gasteiger partial charge >= 0.3 is 0 Å². The Balaban J connectivity index is 1.95. The summed E-state index contributed by atoms with van der Waals surface area (Å²) in [6, 6.07) is 18.5. The van der Waals surface area contributed by atoms with Crippen molar-refractivity contribution < 1.29 is 4.74 Å². The van der Waals surface area contributed by atoms with E-state index in [1.165, 1.54) is 5.56 Å². The molecule has 0 spiro atoms. The predicted molar refractivity (Wildman–Crippen MR) is 101 cm³/mol. The molecule has 4 heteroatoms. The smallest absolute Gasteiger partial charge is 0.191 e. The van der Waals surface area contributed by atoms with Gasteiger partial charge in [-0.05, 0) is 36.1 Å². The van der Waals surface area contributed by atoms with Gasteiger partial charge in [0.2, 0.25) is 0 Å². The molecule has 2 aromatic rings. The molecule has 0 aromatic heterocycles. The lowest BCUT2D eigenvalue weighted by Gasteiger charge is -2.16. The Bertz CT molecular complexity index is 640. The van der Waals surface area contributed by atoms with Gasteiger partial charge in [0, 0.05) is 13.1 Å². The minimum atomic E-state index is 0.423. The maximum atomic E-state index is 5.26. The second kappa shape index (κ2) is 9.60. The van der Waals surface area contributed by atoms with Crippen molar-refractivity contribution in [2.75, 3.05) is 20.2 Å². The van der Waals surface area contributed by atoms with Gasteiger partial charge in [0.25, 0.3) is 0 Å². The van der Waals surface area contributed by atoms with Crippen molar-refractivity contribution in [1.29, 1.82) is 0 Å². The number of benzene rings is 2. The quantitative estimate of drug-likeness (QED) is 0.604. The molecule has 0 aliphatic rings. The molecule has 2 N–H and O–H groups in total. The van der Waals surface area contributed by atoms with Gasteiger partial charge in [-0.1, -0.05) is 49.4 Å². The van der Waals surface area contributed by atoms with Gasteiger partial charge in [0.15, 0.2) is 5.96 Å². The summed E-state index contributed by atoms with van der Waals surface area (Å²) >= 11 is 0. The second-order valence-electron chi connectivity index (χ2n) is 5.74. The standard InChI is InChI=1S/C20H27N3O/c1-4-21-20(22-14-16(2)18-10-6-5-7-11-18)23-15-17-9-8-12-19(13-17)24-3/h5-13,16H,4,14-15H2,1-3H3,(H2,21,22,23). The third kappa shape index (κ3) is 5.61. The molecule has 1 atom stereocenters. The molecular formula is C20H27N3O. The average Bonchev–Trinajstić information content (AvgIpc) is 2.64. The van der Waals surface area contributed by atoms with Crippen molar-refractivity contribution in [2.24, 2.45) is 4.99 Å². The van der Waals surface area contributed by atoms with E-state index in [2.05, 4.69) is 59.8 Å². The van der Waals surface area contributed by atoms with Crippen LogP contribution in [0.2, 0.25) is 0 Å². The minimum absolute atomic E-state index is 0.423. The fourth-order valence-electron chi connectivity index (χ4n) is 2.43. The third-order valence-corrected chi connectivity index (χ3v) is 3.84. The van der Waals surface area contributed by atoms with Crippen LogP contribution in [0, 0.1) is 0 Å². The third-order valence-electron chi connectivity index (χ3n) is 3.84. The second-order valence-corrected chi connectivity index (χ2v) is 5.74. The highest BCUT2D eigenvalue weighted by Gasteiger charge is 2.06. The molecule has 0 saturated carbocycles. The number of rotatable bonds is 7. The van der Waals surface area contributed by atoms with Gasteiger partial charge in [-0.15, -0.1) is 0 Å². The van der Waals surface area contributed by atoms with Gasteiger partial charge < -0.3 is 15.4 Å². The number of aliphatic imine (C=N–C) groups is 1. The topological polar surface area (TPSA) is 45.7 Å². The Hall–Kier alpha value is -2.49. The van der Waals surface area contributed by atoms with Gasteiger partial charge in [0.1, 0.15) is 5.75 Å². The van der Waals surface area contributed by atoms with Crippen LogP contribution in [0.4, 0.5) is 0 Å². The lowest BCUT2D eigenvalue weighted by molar-refractivity contribution is 0.414. The molecule has 1 unspecified atom stereocenters. The fourth-order valence-corrected chi connectivity index (χ4v) is 2.43. The normalized spacial score (nSPS) is 12.5. The Morgan fingerprint density at radius 3 is 2.58 bits per heavy atom. The molecule has 4 nitrogen and oxygen atoms in total. The SMILES string of the molecule is CCNC(=NCc1cccc(OC)c1)NCC(C)c1ccccc1. The Morgan fingerprint density at radius 1 is 1.08 bits per heavy atom. The number of ether oxygens (including phenoxy) is 1. The number of methoxy groups -OCH3 is 1. The van der Waals surface area contributed by atoms with Gasteiger partial charge in [-0.2, -0.15) is 0 Å². The Labute approximate surface area is 145 Å². The predicted octanol–water partition coefficient (Wildman–Crippen LogP) is 3.55. The average molecular weight is 325 g/mol. The summed E-state index contributed by atoms with van der Waals surface area (Å²) in [5.74, 6) is 2.12. The van der Waals surface area contributed by atoms with Crippen LogP contribution >= 0.6 is 0 Å². The maximum absolute atomic E-state index is 5.26. The van der Waals surface area contributed by atoms with Crippen molar-refractivity contribution in [3.8, 4) is 5.75 Å². The molecular weight excluding hydrogens is 298 g/mol. The summed E-state index contributed by atoms with van der Waals surface area (Å²) in [6.07, 6.45) is 0. The fraction of sp³-hybridized carbons (Fsp3) is 0.350. The van der Waals surface area contributed by atoms with Crippen molar-refractivity contribution in [2.45, 2.75) is 26.3 Å². The Morgan fingerprint density at radius 2 is 1.88 bits per heavy atom. The van der Waals surface area contributed by atoms with Gasteiger partial charge in [-0.3, -0.25) is 0 Å². The number of hydrogen-bond acceptors (Lipinski definition) is 2. The van der Waals surface area contributed by atoms with E-state index in [0.717, 1.165) is 30.4 Å². The maximum Gasteiger partial charge on any atom is 0.191 e. The zero-order valence-corrected chi connectivity index (χ0v) is 14.8. The lowest BCUT2D eigenvalue weighted by Crippen LogP contribution is -2.39. The van der Waals surface area contributed by atoms with E-state index in [0.29, 0.717) is 12.5 Å². The van der Waals surface area contributed by atoms with E-state index >= 15 is 0 Å². The molecule has 2 aromatic carbocycles. The van der Waals surface area contributed by atoms with Crippen LogP contribution in [0.15, 0.2) is 59.6 Å². The largest absolute Gasteiger partial charge is 0.497 e. The molecule has 0 aliphatic heterocycles. The van der Waals surface area contributed by atoms with Crippen molar-refractivity contribution in [1.82, 2.24) is 10.6 Å². The van der Waals surface area contributed by atoms with Crippen LogP contribution in [0.5, 0.6) is 5.75 Å². The van der Waals surface area contributed by atoms with E-state index < -0.39 is 0 Å². The van der Waals surface area contributed by atoms with Crippen LogP contribution in [0.3, 0.4) is 0 Å². The molecule has 24 heavy (non-hydrogen) atoms. The number of guanidine groups is 1. The van der Waals surface area contributed by atoms with E-state index in [9.17, 15) is 0 Å². The summed E-state index contributed by atoms with van der Waals surface area (Å²) in [5.41, 5.74) is 2.45. The first-order valence-electron chi connectivity index (χ1n) is 8.43. The molecule has 0 aliphatic carbocycles. The molecule has 0 radical (unpaired) electrons. The summed E-state index contributed by atoms with van der Waals surface area (Å²) in [5, 5.41) is 6.72. The molecule has 0 saturated heterocycles. The van der Waals surface area contributed by atoms with Crippen LogP contribution in [0.25, 0.3) is 0 Å². The zero-order valence-electron chi connectivity index (χ0n) is 14.8. The van der Waals surface area contributed by atoms with Gasteiger partial charge in [0.05, 0.1) is 13.7 Å². The Kier molecular flexibility index (Phi) is 7.15. The molecule has 0 heterocycles. The lowest BCUT2D eigenvalue weighted by atomic mass is 10.0. The highest BCUT2D eigenvalue weighted by Crippen LogP contribution is 2.14. The molecule has 128 valence electrons. The van der Waals surface area contributed by atoms with E-state index in [1.54, 1.807) is 7.11 Å². The first kappa shape index (κ1) is 17.9. The summed E-state index contributed by atoms with van der Waals surface area (Å²) in [7, 11) is 1.68. The molecule has 2 rings (SSSR count). The highest BCUT2D eigenvalue weighted by atomic mass is 16.5. The summed E-state index contributed by atoms with van der Waals surface area (Å²) < 4.78 is 5.26. The van der Waals surface area contributed by atoms with Crippen molar-refractivity contribution >= 4 is 5.96 Å². The van der Waals surface area contributed by atoms with E-state index in [-0.39, 0.29) is 0 Å². The summed E-state index contributed by atoms with van der Waals surface area (Å²) in [4.78, 5) is 4.66. The number of nitrogens with one attached hydrogen (secondary N) is 2. The van der Waals surface area contributed by atoms with Crippen molar-refractivity contribution in [3.63, 3.8) is 0 Å². The van der Waals surface area contributed by atoms with Crippen LogP contribution in [-0.4, -0.2) is 26.2 Å². The van der Waals surface area contributed by atoms with Crippen LogP contribution in [0.1, 0.15) is 30.9 Å². The first-order valence-corrected chi connectivity index (χ1v) is 8.43. The number of hydrogen-bond donors (Lipinski definition) is 2. The first-order chi connectivity index (χ1) is 11.7. The molecule has 0 fully saturated rings. The molecule has 0 amide bonds. The monoisotopic (exact) mass is 325 g/mol. The van der Waals surface area contributed by atoms with Crippen molar-refractivity contribution in [3.05, 3.63) is 65.7 Å². The van der Waals surface area contributed by atoms with Crippen LogP contribution < -0.4 is 15.4 Å². The number of nitrogens with zero attached hydrogens (tertiary/aromatic N) is 1. The zero-order chi connectivity index (χ0) is 17.2. The minimum Gasteiger partial charge on any atom is -0.497 e. The van der Waals surface area contributed by atoms with Crippen LogP contribution in [-0.2, 0) is 6.54 Å². The van der Waals surface area contributed by atoms with E-state index in [1.807, 2.05) is 24.3 Å². The van der Waals surface area contributed by atoms with E-state index in [4.69, 9.17) is 4.74 Å². The summed E-state index contributed by atoms with van der Waals surface area (Å²) in [6.45, 7) is 6.58. The van der Waals surface area contributed by atoms with Gasteiger partial charge in [-0.25, -0.2) is 4.99 Å². The molecule has 0 bridgehead atoms. The highest BCUT2D eigenvalue weighted by molar-refractivity contribution is 5.79.